The zero-order chi connectivity index (χ0) is 19.2. The van der Waals surface area contributed by atoms with E-state index in [1.807, 2.05) is 30.3 Å². The van der Waals surface area contributed by atoms with Crippen LogP contribution in [0.15, 0.2) is 48.5 Å². The summed E-state index contributed by atoms with van der Waals surface area (Å²) in [5.41, 5.74) is -0.512. The highest BCUT2D eigenvalue weighted by Crippen LogP contribution is 2.34. The van der Waals surface area contributed by atoms with Crippen LogP contribution in [-0.4, -0.2) is 28.3 Å². The van der Waals surface area contributed by atoms with Gasteiger partial charge in [-0.15, -0.1) is 0 Å². The Morgan fingerprint density at radius 1 is 1.15 bits per heavy atom. The molecule has 0 fully saturated rings. The second-order valence-corrected chi connectivity index (χ2v) is 6.95. The highest BCUT2D eigenvalue weighted by atomic mass is 32.2. The summed E-state index contributed by atoms with van der Waals surface area (Å²) in [5, 5.41) is 18.1. The van der Waals surface area contributed by atoms with Crippen LogP contribution in [0.1, 0.15) is 16.7 Å². The summed E-state index contributed by atoms with van der Waals surface area (Å²) in [6.45, 7) is -0.270. The summed E-state index contributed by atoms with van der Waals surface area (Å²) in [4.78, 5) is 1.43. The first-order chi connectivity index (χ1) is 12.3. The Morgan fingerprint density at radius 3 is 2.42 bits per heavy atom. The maximum atomic E-state index is 13.1. The Labute approximate surface area is 151 Å². The van der Waals surface area contributed by atoms with Crippen molar-refractivity contribution in [1.29, 1.82) is 5.26 Å². The zero-order valence-corrected chi connectivity index (χ0v) is 14.6. The van der Waals surface area contributed by atoms with E-state index in [-0.39, 0.29) is 30.5 Å². The van der Waals surface area contributed by atoms with Crippen LogP contribution in [0.25, 0.3) is 0 Å². The molecule has 0 saturated heterocycles. The number of nitrogens with zero attached hydrogens (tertiary/aromatic N) is 2. The van der Waals surface area contributed by atoms with Crippen LogP contribution >= 0.6 is 0 Å². The highest BCUT2D eigenvalue weighted by Gasteiger charge is 2.34. The van der Waals surface area contributed by atoms with E-state index in [1.54, 1.807) is 0 Å². The standard InChI is InChI=1S/C18H17F3N2O2S/c19-18(20,21)17-10-16(7-6-15(17)11-22)23(8-9-24)13-26(25)12-14-4-2-1-3-5-14/h1-7,10,24H,8-9,12-13H2/t26-/m1/s1. The molecule has 0 heterocycles. The molecule has 138 valence electrons. The van der Waals surface area contributed by atoms with Crippen molar-refractivity contribution in [2.24, 2.45) is 0 Å². The molecule has 1 atom stereocenters. The quantitative estimate of drug-likeness (QED) is 0.798. The minimum absolute atomic E-state index is 0.0291. The van der Waals surface area contributed by atoms with Crippen molar-refractivity contribution in [2.75, 3.05) is 23.9 Å². The lowest BCUT2D eigenvalue weighted by Crippen LogP contribution is -2.31. The Kier molecular flexibility index (Phi) is 6.77. The fourth-order valence-corrected chi connectivity index (χ4v) is 3.71. The molecule has 0 aromatic heterocycles. The van der Waals surface area contributed by atoms with E-state index in [0.717, 1.165) is 17.7 Å². The number of anilines is 1. The molecule has 0 aliphatic rings. The summed E-state index contributed by atoms with van der Waals surface area (Å²) >= 11 is 0. The normalized spacial score (nSPS) is 12.4. The van der Waals surface area contributed by atoms with E-state index in [1.165, 1.54) is 17.0 Å². The van der Waals surface area contributed by atoms with Gasteiger partial charge in [-0.05, 0) is 23.8 Å². The van der Waals surface area contributed by atoms with Gasteiger partial charge in [0.15, 0.2) is 0 Å². The number of hydrogen-bond donors (Lipinski definition) is 1. The second kappa shape index (κ2) is 8.83. The Morgan fingerprint density at radius 2 is 1.85 bits per heavy atom. The van der Waals surface area contributed by atoms with Crippen molar-refractivity contribution in [3.05, 3.63) is 65.2 Å². The molecular formula is C18H17F3N2O2S. The second-order valence-electron chi connectivity index (χ2n) is 5.53. The van der Waals surface area contributed by atoms with Crippen LogP contribution in [0.5, 0.6) is 0 Å². The predicted molar refractivity (Wildman–Crippen MR) is 93.7 cm³/mol. The molecule has 0 amide bonds. The van der Waals surface area contributed by atoms with E-state index >= 15 is 0 Å². The van der Waals surface area contributed by atoms with Gasteiger partial charge in [-0.3, -0.25) is 4.21 Å². The summed E-state index contributed by atoms with van der Waals surface area (Å²) in [5.74, 6) is 0.226. The molecule has 0 spiro atoms. The number of benzene rings is 2. The number of rotatable bonds is 7. The minimum atomic E-state index is -4.67. The predicted octanol–water partition coefficient (Wildman–Crippen LogP) is 3.28. The SMILES string of the molecule is N#Cc1ccc(N(CCO)C[S@](=O)Cc2ccccc2)cc1C(F)(F)F. The van der Waals surface area contributed by atoms with Gasteiger partial charge >= 0.3 is 6.18 Å². The van der Waals surface area contributed by atoms with E-state index < -0.39 is 28.1 Å². The third kappa shape index (κ3) is 5.31. The monoisotopic (exact) mass is 382 g/mol. The lowest BCUT2D eigenvalue weighted by molar-refractivity contribution is -0.137. The number of hydrogen-bond acceptors (Lipinski definition) is 4. The lowest BCUT2D eigenvalue weighted by atomic mass is 10.1. The Balaban J connectivity index is 2.24. The van der Waals surface area contributed by atoms with E-state index in [4.69, 9.17) is 5.26 Å². The van der Waals surface area contributed by atoms with Crippen LogP contribution < -0.4 is 4.90 Å². The maximum absolute atomic E-state index is 13.1. The van der Waals surface area contributed by atoms with Crippen LogP contribution in [0.2, 0.25) is 0 Å². The molecule has 26 heavy (non-hydrogen) atoms. The molecule has 0 bridgehead atoms. The average Bonchev–Trinajstić information content (AvgIpc) is 2.61. The molecule has 8 heteroatoms. The van der Waals surface area contributed by atoms with Crippen LogP contribution in [0.3, 0.4) is 0 Å². The number of aliphatic hydroxyl groups excluding tert-OH is 1. The summed E-state index contributed by atoms with van der Waals surface area (Å²) in [7, 11) is -1.37. The molecule has 2 aromatic carbocycles. The summed E-state index contributed by atoms with van der Waals surface area (Å²) < 4.78 is 51.8. The topological polar surface area (TPSA) is 64.3 Å². The smallest absolute Gasteiger partial charge is 0.395 e. The number of halogens is 3. The maximum Gasteiger partial charge on any atom is 0.417 e. The third-order valence-corrected chi connectivity index (χ3v) is 4.89. The van der Waals surface area contributed by atoms with Crippen molar-refractivity contribution >= 4 is 16.5 Å². The zero-order valence-electron chi connectivity index (χ0n) is 13.7. The van der Waals surface area contributed by atoms with Gasteiger partial charge in [-0.2, -0.15) is 18.4 Å². The van der Waals surface area contributed by atoms with Crippen molar-refractivity contribution in [2.45, 2.75) is 11.9 Å². The first kappa shape index (κ1) is 19.9. The van der Waals surface area contributed by atoms with Gasteiger partial charge in [0, 0.05) is 23.0 Å². The molecular weight excluding hydrogens is 365 g/mol. The van der Waals surface area contributed by atoms with E-state index in [9.17, 15) is 22.5 Å². The molecule has 0 aliphatic heterocycles. The van der Waals surface area contributed by atoms with Crippen molar-refractivity contribution in [3.63, 3.8) is 0 Å². The van der Waals surface area contributed by atoms with Gasteiger partial charge in [-0.1, -0.05) is 30.3 Å². The average molecular weight is 382 g/mol. The molecule has 1 N–H and O–H groups in total. The van der Waals surface area contributed by atoms with Crippen LogP contribution in [-0.2, 0) is 22.7 Å². The molecule has 4 nitrogen and oxygen atoms in total. The number of nitriles is 1. The summed E-state index contributed by atoms with van der Waals surface area (Å²) in [6, 6.07) is 13.9. The molecule has 2 rings (SSSR count). The van der Waals surface area contributed by atoms with Crippen molar-refractivity contribution < 1.29 is 22.5 Å². The van der Waals surface area contributed by atoms with Gasteiger partial charge in [0.1, 0.15) is 0 Å². The fourth-order valence-electron chi connectivity index (χ4n) is 2.43. The fraction of sp³-hybridized carbons (Fsp3) is 0.278. The first-order valence-electron chi connectivity index (χ1n) is 7.71. The van der Waals surface area contributed by atoms with E-state index in [0.29, 0.717) is 0 Å². The highest BCUT2D eigenvalue weighted by molar-refractivity contribution is 7.84. The Bertz CT molecular complexity index is 804. The third-order valence-electron chi connectivity index (χ3n) is 3.63. The Hall–Kier alpha value is -2.37. The van der Waals surface area contributed by atoms with Gasteiger partial charge in [0.05, 0.1) is 35.4 Å². The molecule has 0 saturated carbocycles. The van der Waals surface area contributed by atoms with Crippen molar-refractivity contribution in [1.82, 2.24) is 0 Å². The molecule has 0 unspecified atom stereocenters. The number of alkyl halides is 3. The van der Waals surface area contributed by atoms with Crippen molar-refractivity contribution in [3.8, 4) is 6.07 Å². The summed E-state index contributed by atoms with van der Waals surface area (Å²) in [6.07, 6.45) is -4.67. The van der Waals surface area contributed by atoms with Crippen LogP contribution in [0, 0.1) is 11.3 Å². The van der Waals surface area contributed by atoms with E-state index in [2.05, 4.69) is 0 Å². The van der Waals surface area contributed by atoms with Gasteiger partial charge in [0.25, 0.3) is 0 Å². The largest absolute Gasteiger partial charge is 0.417 e. The minimum Gasteiger partial charge on any atom is -0.395 e. The van der Waals surface area contributed by atoms with Gasteiger partial charge < -0.3 is 10.0 Å². The molecule has 2 aromatic rings. The first-order valence-corrected chi connectivity index (χ1v) is 9.20. The van der Waals surface area contributed by atoms with Gasteiger partial charge in [-0.25, -0.2) is 0 Å². The molecule has 0 radical (unpaired) electrons. The lowest BCUT2D eigenvalue weighted by Gasteiger charge is -2.24. The van der Waals surface area contributed by atoms with Crippen LogP contribution in [0.4, 0.5) is 18.9 Å². The molecule has 0 aliphatic carbocycles. The van der Waals surface area contributed by atoms with Gasteiger partial charge in [0.2, 0.25) is 0 Å². The number of aliphatic hydroxyl groups is 1.